The van der Waals surface area contributed by atoms with Gasteiger partial charge in [0.2, 0.25) is 10.0 Å². The summed E-state index contributed by atoms with van der Waals surface area (Å²) in [5.74, 6) is 0.467. The molecule has 0 aromatic heterocycles. The molecule has 1 aliphatic heterocycles. The molecule has 2 aliphatic rings. The first kappa shape index (κ1) is 22.0. The van der Waals surface area contributed by atoms with Crippen LogP contribution in [-0.4, -0.2) is 62.8 Å². The molecule has 0 bridgehead atoms. The third-order valence-electron chi connectivity index (χ3n) is 5.93. The van der Waals surface area contributed by atoms with Gasteiger partial charge >= 0.3 is 0 Å². The van der Waals surface area contributed by atoms with E-state index in [1.54, 1.807) is 28.6 Å². The lowest BCUT2D eigenvalue weighted by Gasteiger charge is -2.28. The number of nitrogens with zero attached hydrogens (tertiary/aromatic N) is 2. The van der Waals surface area contributed by atoms with Crippen molar-refractivity contribution in [1.29, 1.82) is 0 Å². The molecule has 2 fully saturated rings. The zero-order valence-corrected chi connectivity index (χ0v) is 18.0. The Morgan fingerprint density at radius 1 is 1.10 bits per heavy atom. The summed E-state index contributed by atoms with van der Waals surface area (Å²) < 4.78 is 27.9. The number of nitrogens with one attached hydrogen (secondary N) is 1. The highest BCUT2D eigenvalue weighted by atomic mass is 32.2. The van der Waals surface area contributed by atoms with Gasteiger partial charge in [-0.3, -0.25) is 4.79 Å². The van der Waals surface area contributed by atoms with Crippen LogP contribution in [0.4, 0.5) is 0 Å². The predicted molar refractivity (Wildman–Crippen MR) is 115 cm³/mol. The Hall–Kier alpha value is -1.70. The van der Waals surface area contributed by atoms with Gasteiger partial charge in [0.05, 0.1) is 4.90 Å². The molecular weight excluding hydrogens is 386 g/mol. The van der Waals surface area contributed by atoms with E-state index in [1.807, 2.05) is 0 Å². The molecule has 1 heterocycles. The topological polar surface area (TPSA) is 69.7 Å². The zero-order chi connectivity index (χ0) is 20.7. The Morgan fingerprint density at radius 3 is 2.66 bits per heavy atom. The second-order valence-corrected chi connectivity index (χ2v) is 10.0. The van der Waals surface area contributed by atoms with E-state index in [4.69, 9.17) is 0 Å². The van der Waals surface area contributed by atoms with Crippen molar-refractivity contribution in [2.24, 2.45) is 5.92 Å². The van der Waals surface area contributed by atoms with Gasteiger partial charge in [0, 0.05) is 38.3 Å². The summed E-state index contributed by atoms with van der Waals surface area (Å²) in [6, 6.07) is 6.30. The fourth-order valence-electron chi connectivity index (χ4n) is 4.32. The Kier molecular flexibility index (Phi) is 7.86. The fourth-order valence-corrected chi connectivity index (χ4v) is 5.83. The fraction of sp³-hybridized carbons (Fsp3) is 0.591. The first-order valence-electron chi connectivity index (χ1n) is 10.7. The number of carbonyl (C=O) groups excluding carboxylic acids is 1. The minimum absolute atomic E-state index is 0.185. The van der Waals surface area contributed by atoms with Crippen LogP contribution in [-0.2, 0) is 10.0 Å². The quantitative estimate of drug-likeness (QED) is 0.690. The van der Waals surface area contributed by atoms with Crippen LogP contribution < -0.4 is 5.32 Å². The van der Waals surface area contributed by atoms with E-state index in [2.05, 4.69) is 16.8 Å². The SMILES string of the molecule is C=CCNC(=O)c1cccc(S(=O)(=O)N2CCCN(CC3CCCCC3)CC2)c1. The van der Waals surface area contributed by atoms with Gasteiger partial charge in [0.25, 0.3) is 5.91 Å². The van der Waals surface area contributed by atoms with E-state index < -0.39 is 10.0 Å². The molecule has 29 heavy (non-hydrogen) atoms. The molecule has 1 amide bonds. The molecule has 0 atom stereocenters. The van der Waals surface area contributed by atoms with Crippen molar-refractivity contribution in [3.05, 3.63) is 42.5 Å². The van der Waals surface area contributed by atoms with Crippen molar-refractivity contribution in [3.8, 4) is 0 Å². The summed E-state index contributed by atoms with van der Waals surface area (Å²) in [6.07, 6.45) is 9.05. The Bertz CT molecular complexity index is 803. The maximum atomic E-state index is 13.2. The lowest BCUT2D eigenvalue weighted by atomic mass is 9.89. The Morgan fingerprint density at radius 2 is 1.90 bits per heavy atom. The third kappa shape index (κ3) is 5.90. The minimum Gasteiger partial charge on any atom is -0.349 e. The second-order valence-electron chi connectivity index (χ2n) is 8.09. The van der Waals surface area contributed by atoms with E-state index in [9.17, 15) is 13.2 Å². The van der Waals surface area contributed by atoms with E-state index >= 15 is 0 Å². The first-order chi connectivity index (χ1) is 14.0. The number of benzene rings is 1. The molecule has 160 valence electrons. The maximum Gasteiger partial charge on any atom is 0.251 e. The van der Waals surface area contributed by atoms with Crippen LogP contribution in [0.5, 0.6) is 0 Å². The van der Waals surface area contributed by atoms with Crippen molar-refractivity contribution >= 4 is 15.9 Å². The lowest BCUT2D eigenvalue weighted by molar-refractivity contribution is 0.0958. The van der Waals surface area contributed by atoms with Crippen LogP contribution in [0.1, 0.15) is 48.9 Å². The van der Waals surface area contributed by atoms with Crippen molar-refractivity contribution in [2.45, 2.75) is 43.4 Å². The molecule has 1 N–H and O–H groups in total. The van der Waals surface area contributed by atoms with E-state index in [0.29, 0.717) is 25.2 Å². The molecule has 1 aromatic rings. The van der Waals surface area contributed by atoms with Crippen molar-refractivity contribution in [3.63, 3.8) is 0 Å². The van der Waals surface area contributed by atoms with Gasteiger partial charge in [-0.25, -0.2) is 8.42 Å². The largest absolute Gasteiger partial charge is 0.349 e. The molecule has 6 nitrogen and oxygen atoms in total. The van der Waals surface area contributed by atoms with Crippen LogP contribution in [0.2, 0.25) is 0 Å². The molecule has 0 radical (unpaired) electrons. The van der Waals surface area contributed by atoms with Crippen molar-refractivity contribution in [1.82, 2.24) is 14.5 Å². The number of carbonyl (C=O) groups is 1. The monoisotopic (exact) mass is 419 g/mol. The van der Waals surface area contributed by atoms with Gasteiger partial charge in [0.1, 0.15) is 0 Å². The first-order valence-corrected chi connectivity index (χ1v) is 12.2. The van der Waals surface area contributed by atoms with Gasteiger partial charge in [-0.15, -0.1) is 6.58 Å². The molecule has 3 rings (SSSR count). The van der Waals surface area contributed by atoms with Crippen LogP contribution >= 0.6 is 0 Å². The maximum absolute atomic E-state index is 13.2. The summed E-state index contributed by atoms with van der Waals surface area (Å²) in [7, 11) is -3.61. The predicted octanol–water partition coefficient (Wildman–Crippen LogP) is 2.88. The highest BCUT2D eigenvalue weighted by Gasteiger charge is 2.28. The summed E-state index contributed by atoms with van der Waals surface area (Å²) >= 11 is 0. The number of rotatable bonds is 7. The van der Waals surface area contributed by atoms with Crippen LogP contribution in [0, 0.1) is 5.92 Å². The average Bonchev–Trinajstić information content (AvgIpc) is 2.99. The highest BCUT2D eigenvalue weighted by molar-refractivity contribution is 7.89. The minimum atomic E-state index is -3.61. The normalized spacial score (nSPS) is 20.1. The average molecular weight is 420 g/mol. The molecule has 1 aliphatic carbocycles. The Balaban J connectivity index is 1.64. The van der Waals surface area contributed by atoms with Gasteiger partial charge < -0.3 is 10.2 Å². The molecule has 7 heteroatoms. The zero-order valence-electron chi connectivity index (χ0n) is 17.2. The molecule has 0 spiro atoms. The highest BCUT2D eigenvalue weighted by Crippen LogP contribution is 2.25. The van der Waals surface area contributed by atoms with Gasteiger partial charge in [-0.1, -0.05) is 31.4 Å². The van der Waals surface area contributed by atoms with E-state index in [1.165, 1.54) is 38.2 Å². The summed E-state index contributed by atoms with van der Waals surface area (Å²) in [5, 5.41) is 2.69. The molecule has 1 saturated heterocycles. The second kappa shape index (κ2) is 10.4. The van der Waals surface area contributed by atoms with Gasteiger partial charge in [-0.05, 0) is 49.9 Å². The van der Waals surface area contributed by atoms with Gasteiger partial charge in [0.15, 0.2) is 0 Å². The number of amides is 1. The van der Waals surface area contributed by atoms with E-state index in [0.717, 1.165) is 32.0 Å². The molecule has 0 unspecified atom stereocenters. The van der Waals surface area contributed by atoms with E-state index in [-0.39, 0.29) is 10.8 Å². The summed E-state index contributed by atoms with van der Waals surface area (Å²) in [6.45, 7) is 7.76. The summed E-state index contributed by atoms with van der Waals surface area (Å²) in [5.41, 5.74) is 0.349. The van der Waals surface area contributed by atoms with Gasteiger partial charge in [-0.2, -0.15) is 4.31 Å². The molecule has 1 aromatic carbocycles. The van der Waals surface area contributed by atoms with Crippen molar-refractivity contribution in [2.75, 3.05) is 39.3 Å². The van der Waals surface area contributed by atoms with Crippen LogP contribution in [0.25, 0.3) is 0 Å². The molecular formula is C22H33N3O3S. The number of hydrogen-bond acceptors (Lipinski definition) is 4. The number of sulfonamides is 1. The smallest absolute Gasteiger partial charge is 0.251 e. The third-order valence-corrected chi connectivity index (χ3v) is 7.82. The van der Waals surface area contributed by atoms with Crippen LogP contribution in [0.3, 0.4) is 0 Å². The lowest BCUT2D eigenvalue weighted by Crippen LogP contribution is -2.37. The number of hydrogen-bond donors (Lipinski definition) is 1. The molecule has 1 saturated carbocycles. The summed E-state index contributed by atoms with van der Waals surface area (Å²) in [4.78, 5) is 14.8. The Labute approximate surface area is 175 Å². The standard InChI is InChI=1S/C22H33N3O3S/c1-2-12-23-22(26)20-10-6-11-21(17-20)29(27,28)25-14-7-13-24(15-16-25)18-19-8-4-3-5-9-19/h2,6,10-11,17,19H,1,3-5,7-9,12-16,18H2,(H,23,26). The van der Waals surface area contributed by atoms with Crippen LogP contribution in [0.15, 0.2) is 41.8 Å². The van der Waals surface area contributed by atoms with Crippen molar-refractivity contribution < 1.29 is 13.2 Å².